The molecule has 1 unspecified atom stereocenters. The molecule has 1 fully saturated rings. The third kappa shape index (κ3) is 2.82. The van der Waals surface area contributed by atoms with E-state index in [1.807, 2.05) is 0 Å². The number of hydrogen-bond acceptors (Lipinski definition) is 4. The molecule has 0 saturated carbocycles. The summed E-state index contributed by atoms with van der Waals surface area (Å²) in [5.74, 6) is -0.115. The summed E-state index contributed by atoms with van der Waals surface area (Å²) in [6.45, 7) is 2.17. The second-order valence-electron chi connectivity index (χ2n) is 5.04. The molecule has 18 heavy (non-hydrogen) atoms. The number of nitrogens with two attached hydrogens (primary N) is 1. The molecule has 0 aromatic heterocycles. The van der Waals surface area contributed by atoms with Crippen LogP contribution in [0.5, 0.6) is 0 Å². The molecule has 6 heteroatoms. The standard InChI is InChI=1S/C12H18N2O3S/c1-12(15)6-7-14(9-12)18(16,17)8-10-4-2-3-5-11(10)13/h2-5,15H,6-9,13H2,1H3. The minimum atomic E-state index is -3.41. The Hall–Kier alpha value is -1.11. The fraction of sp³-hybridized carbons (Fsp3) is 0.500. The summed E-state index contributed by atoms with van der Waals surface area (Å²) in [4.78, 5) is 0. The first-order valence-electron chi connectivity index (χ1n) is 5.84. The maximum Gasteiger partial charge on any atom is 0.218 e. The van der Waals surface area contributed by atoms with Gasteiger partial charge in [-0.05, 0) is 25.0 Å². The number of hydrogen-bond donors (Lipinski definition) is 2. The van der Waals surface area contributed by atoms with Crippen LogP contribution in [0, 0.1) is 0 Å². The van der Waals surface area contributed by atoms with Crippen molar-refractivity contribution < 1.29 is 13.5 Å². The lowest BCUT2D eigenvalue weighted by Gasteiger charge is -2.19. The van der Waals surface area contributed by atoms with Gasteiger partial charge in [-0.15, -0.1) is 0 Å². The van der Waals surface area contributed by atoms with Gasteiger partial charge < -0.3 is 10.8 Å². The Bertz CT molecular complexity index is 540. The van der Waals surface area contributed by atoms with E-state index < -0.39 is 15.6 Å². The molecule has 100 valence electrons. The molecule has 1 atom stereocenters. The van der Waals surface area contributed by atoms with Gasteiger partial charge in [0.1, 0.15) is 0 Å². The van der Waals surface area contributed by atoms with Gasteiger partial charge in [-0.1, -0.05) is 18.2 Å². The van der Waals surface area contributed by atoms with Crippen LogP contribution in [0.15, 0.2) is 24.3 Å². The Morgan fingerprint density at radius 2 is 2.11 bits per heavy atom. The topological polar surface area (TPSA) is 83.6 Å². The first-order valence-corrected chi connectivity index (χ1v) is 7.45. The van der Waals surface area contributed by atoms with Crippen molar-refractivity contribution in [2.24, 2.45) is 0 Å². The smallest absolute Gasteiger partial charge is 0.218 e. The molecule has 1 heterocycles. The van der Waals surface area contributed by atoms with Gasteiger partial charge in [0.2, 0.25) is 10.0 Å². The Morgan fingerprint density at radius 1 is 1.44 bits per heavy atom. The Morgan fingerprint density at radius 3 is 2.67 bits per heavy atom. The minimum absolute atomic E-state index is 0.115. The van der Waals surface area contributed by atoms with Crippen molar-refractivity contribution in [3.05, 3.63) is 29.8 Å². The van der Waals surface area contributed by atoms with Gasteiger partial charge in [0.05, 0.1) is 11.4 Å². The van der Waals surface area contributed by atoms with E-state index in [9.17, 15) is 13.5 Å². The molecule has 1 aromatic rings. The van der Waals surface area contributed by atoms with Crippen LogP contribution >= 0.6 is 0 Å². The van der Waals surface area contributed by atoms with Crippen molar-refractivity contribution in [2.75, 3.05) is 18.8 Å². The van der Waals surface area contributed by atoms with Crippen LogP contribution in [0.25, 0.3) is 0 Å². The summed E-state index contributed by atoms with van der Waals surface area (Å²) < 4.78 is 25.7. The normalized spacial score (nSPS) is 25.4. The van der Waals surface area contributed by atoms with Crippen molar-refractivity contribution in [1.29, 1.82) is 0 Å². The Balaban J connectivity index is 2.16. The quantitative estimate of drug-likeness (QED) is 0.786. The molecule has 1 aliphatic rings. The molecule has 1 aliphatic heterocycles. The number of rotatable bonds is 3. The first kappa shape index (κ1) is 13.3. The van der Waals surface area contributed by atoms with Crippen LogP contribution in [0.3, 0.4) is 0 Å². The average Bonchev–Trinajstić information content (AvgIpc) is 2.63. The van der Waals surface area contributed by atoms with E-state index in [2.05, 4.69) is 0 Å². The van der Waals surface area contributed by atoms with Gasteiger partial charge in [-0.3, -0.25) is 0 Å². The number of para-hydroxylation sites is 1. The van der Waals surface area contributed by atoms with E-state index in [-0.39, 0.29) is 12.3 Å². The summed E-state index contributed by atoms with van der Waals surface area (Å²) in [6.07, 6.45) is 0.469. The predicted octanol–water partition coefficient (Wildman–Crippen LogP) is 0.555. The zero-order valence-corrected chi connectivity index (χ0v) is 11.2. The monoisotopic (exact) mass is 270 g/mol. The largest absolute Gasteiger partial charge is 0.398 e. The molecule has 1 aromatic carbocycles. The van der Waals surface area contributed by atoms with Crippen molar-refractivity contribution in [2.45, 2.75) is 24.7 Å². The van der Waals surface area contributed by atoms with Gasteiger partial charge in [0.15, 0.2) is 0 Å². The SMILES string of the molecule is CC1(O)CCN(S(=O)(=O)Cc2ccccc2N)C1. The molecular formula is C12H18N2O3S. The number of benzene rings is 1. The highest BCUT2D eigenvalue weighted by atomic mass is 32.2. The van der Waals surface area contributed by atoms with Crippen molar-refractivity contribution in [3.8, 4) is 0 Å². The highest BCUT2D eigenvalue weighted by molar-refractivity contribution is 7.88. The number of aliphatic hydroxyl groups is 1. The fourth-order valence-corrected chi connectivity index (χ4v) is 3.78. The summed E-state index contributed by atoms with van der Waals surface area (Å²) in [7, 11) is -3.41. The van der Waals surface area contributed by atoms with Crippen molar-refractivity contribution in [3.63, 3.8) is 0 Å². The summed E-state index contributed by atoms with van der Waals surface area (Å²) >= 11 is 0. The zero-order chi connectivity index (χ0) is 13.4. The predicted molar refractivity (Wildman–Crippen MR) is 70.3 cm³/mol. The molecule has 1 saturated heterocycles. The highest BCUT2D eigenvalue weighted by Crippen LogP contribution is 2.25. The molecule has 5 nitrogen and oxygen atoms in total. The van der Waals surface area contributed by atoms with E-state index in [0.29, 0.717) is 24.2 Å². The van der Waals surface area contributed by atoms with Crippen LogP contribution in [-0.2, 0) is 15.8 Å². The van der Waals surface area contributed by atoms with E-state index >= 15 is 0 Å². The molecular weight excluding hydrogens is 252 g/mol. The Labute approximate surface area is 107 Å². The second kappa shape index (κ2) is 4.53. The lowest BCUT2D eigenvalue weighted by Crippen LogP contribution is -2.34. The van der Waals surface area contributed by atoms with Crippen LogP contribution < -0.4 is 5.73 Å². The number of nitrogens with zero attached hydrogens (tertiary/aromatic N) is 1. The van der Waals surface area contributed by atoms with Gasteiger partial charge in [-0.2, -0.15) is 4.31 Å². The van der Waals surface area contributed by atoms with Gasteiger partial charge in [0, 0.05) is 18.8 Å². The van der Waals surface area contributed by atoms with Crippen molar-refractivity contribution >= 4 is 15.7 Å². The van der Waals surface area contributed by atoms with Gasteiger partial charge in [-0.25, -0.2) is 8.42 Å². The third-order valence-corrected chi connectivity index (χ3v) is 4.98. The molecule has 0 bridgehead atoms. The first-order chi connectivity index (χ1) is 8.30. The van der Waals surface area contributed by atoms with Crippen LogP contribution in [0.4, 0.5) is 5.69 Å². The molecule has 2 rings (SSSR count). The molecule has 0 radical (unpaired) electrons. The maximum absolute atomic E-state index is 12.2. The summed E-state index contributed by atoms with van der Waals surface area (Å²) in [6, 6.07) is 6.93. The lowest BCUT2D eigenvalue weighted by molar-refractivity contribution is 0.0762. The number of β-amino-alcohol motifs (C(OH)–C–C–N with tert-alkyl or cyclic N) is 1. The minimum Gasteiger partial charge on any atom is -0.398 e. The zero-order valence-electron chi connectivity index (χ0n) is 10.3. The maximum atomic E-state index is 12.2. The molecule has 3 N–H and O–H groups in total. The van der Waals surface area contributed by atoms with Crippen LogP contribution in [0.2, 0.25) is 0 Å². The van der Waals surface area contributed by atoms with E-state index in [0.717, 1.165) is 0 Å². The fourth-order valence-electron chi connectivity index (χ4n) is 2.09. The molecule has 0 aliphatic carbocycles. The van der Waals surface area contributed by atoms with Crippen molar-refractivity contribution in [1.82, 2.24) is 4.31 Å². The van der Waals surface area contributed by atoms with Crippen LogP contribution in [-0.4, -0.2) is 36.5 Å². The molecule has 0 amide bonds. The third-order valence-electron chi connectivity index (χ3n) is 3.20. The molecule has 0 spiro atoms. The van der Waals surface area contributed by atoms with E-state index in [1.54, 1.807) is 31.2 Å². The Kier molecular flexibility index (Phi) is 3.35. The lowest BCUT2D eigenvalue weighted by atomic mass is 10.1. The highest BCUT2D eigenvalue weighted by Gasteiger charge is 2.37. The average molecular weight is 270 g/mol. The number of sulfonamides is 1. The number of anilines is 1. The summed E-state index contributed by atoms with van der Waals surface area (Å²) in [5.41, 5.74) is 5.91. The van der Waals surface area contributed by atoms with Gasteiger partial charge >= 0.3 is 0 Å². The number of nitrogen functional groups attached to an aromatic ring is 1. The van der Waals surface area contributed by atoms with Crippen LogP contribution in [0.1, 0.15) is 18.9 Å². The van der Waals surface area contributed by atoms with E-state index in [4.69, 9.17) is 5.73 Å². The van der Waals surface area contributed by atoms with E-state index in [1.165, 1.54) is 4.31 Å². The second-order valence-corrected chi connectivity index (χ2v) is 7.00. The summed E-state index contributed by atoms with van der Waals surface area (Å²) in [5, 5.41) is 9.82. The van der Waals surface area contributed by atoms with Gasteiger partial charge in [0.25, 0.3) is 0 Å².